The number of halogens is 1. The summed E-state index contributed by atoms with van der Waals surface area (Å²) in [6, 6.07) is 18.1. The normalized spacial score (nSPS) is 19.9. The minimum absolute atomic E-state index is 0.0413. The Morgan fingerprint density at radius 2 is 1.88 bits per heavy atom. The van der Waals surface area contributed by atoms with Gasteiger partial charge in [-0.1, -0.05) is 61.0 Å². The molecule has 1 aromatic heterocycles. The topological polar surface area (TPSA) is 30.0 Å². The Morgan fingerprint density at radius 1 is 1.12 bits per heavy atom. The second-order valence-corrected chi connectivity index (χ2v) is 6.87. The highest BCUT2D eigenvalue weighted by atomic mass is 35.5. The number of hydrogen-bond donors (Lipinski definition) is 0. The van der Waals surface area contributed by atoms with Crippen molar-refractivity contribution >= 4 is 28.3 Å². The third-order valence-electron chi connectivity index (χ3n) is 5.15. The van der Waals surface area contributed by atoms with E-state index in [2.05, 4.69) is 30.1 Å². The largest absolute Gasteiger partial charge is 0.294 e. The molecule has 1 aliphatic rings. The van der Waals surface area contributed by atoms with Gasteiger partial charge in [-0.3, -0.25) is 4.79 Å². The van der Waals surface area contributed by atoms with Crippen molar-refractivity contribution in [3.8, 4) is 0 Å². The quantitative estimate of drug-likeness (QED) is 0.461. The number of carbonyl (C=O) groups excluding carboxylic acids is 1. The highest BCUT2D eigenvalue weighted by molar-refractivity contribution is 6.33. The molecular formula is C21H18ClNO. The lowest BCUT2D eigenvalue weighted by molar-refractivity contribution is 0.0890. The second-order valence-electron chi connectivity index (χ2n) is 6.52. The number of para-hydroxylation sites is 1. The molecule has 4 rings (SSSR count). The maximum Gasteiger partial charge on any atom is 0.169 e. The van der Waals surface area contributed by atoms with Gasteiger partial charge in [0, 0.05) is 11.3 Å². The molecule has 2 atom stereocenters. The summed E-state index contributed by atoms with van der Waals surface area (Å²) in [5, 5.41) is 1.26. The first-order valence-electron chi connectivity index (χ1n) is 8.32. The van der Waals surface area contributed by atoms with Crippen molar-refractivity contribution in [2.45, 2.75) is 25.7 Å². The summed E-state index contributed by atoms with van der Waals surface area (Å²) >= 11 is 6.33. The Bertz CT molecular complexity index is 934. The zero-order valence-electron chi connectivity index (χ0n) is 13.5. The van der Waals surface area contributed by atoms with Gasteiger partial charge in [0.05, 0.1) is 11.1 Å². The van der Waals surface area contributed by atoms with Crippen molar-refractivity contribution in [2.75, 3.05) is 0 Å². The van der Waals surface area contributed by atoms with E-state index in [4.69, 9.17) is 11.6 Å². The number of benzene rings is 2. The lowest BCUT2D eigenvalue weighted by Crippen LogP contribution is -2.26. The molecule has 0 bridgehead atoms. The Hall–Kier alpha value is -2.19. The highest BCUT2D eigenvalue weighted by Gasteiger charge is 2.33. The zero-order chi connectivity index (χ0) is 16.7. The number of nitrogens with zero attached hydrogens (tertiary/aromatic N) is 1. The first-order valence-corrected chi connectivity index (χ1v) is 8.70. The van der Waals surface area contributed by atoms with E-state index in [9.17, 15) is 4.79 Å². The van der Waals surface area contributed by atoms with E-state index < -0.39 is 0 Å². The van der Waals surface area contributed by atoms with Crippen LogP contribution in [0.4, 0.5) is 0 Å². The van der Waals surface area contributed by atoms with E-state index in [1.54, 1.807) is 0 Å². The van der Waals surface area contributed by atoms with Gasteiger partial charge in [0.15, 0.2) is 5.78 Å². The number of hydrogen-bond acceptors (Lipinski definition) is 2. The fourth-order valence-corrected chi connectivity index (χ4v) is 4.05. The minimum Gasteiger partial charge on any atom is -0.294 e. The van der Waals surface area contributed by atoms with Crippen LogP contribution in [-0.2, 0) is 6.42 Å². The Labute approximate surface area is 146 Å². The summed E-state index contributed by atoms with van der Waals surface area (Å²) in [5.74, 6) is 0.269. The van der Waals surface area contributed by atoms with Crippen LogP contribution in [0.1, 0.15) is 40.7 Å². The zero-order valence-corrected chi connectivity index (χ0v) is 14.3. The lowest BCUT2D eigenvalue weighted by Gasteiger charge is -2.30. The summed E-state index contributed by atoms with van der Waals surface area (Å²) in [4.78, 5) is 17.6. The van der Waals surface area contributed by atoms with E-state index >= 15 is 0 Å². The van der Waals surface area contributed by atoms with Crippen LogP contribution in [-0.4, -0.2) is 10.8 Å². The van der Waals surface area contributed by atoms with Gasteiger partial charge in [0.1, 0.15) is 5.15 Å². The third kappa shape index (κ3) is 2.51. The Kier molecular flexibility index (Phi) is 3.85. The fourth-order valence-electron chi connectivity index (χ4n) is 3.81. The van der Waals surface area contributed by atoms with Crippen LogP contribution in [0.2, 0.25) is 5.15 Å². The SMILES string of the molecule is CC1c2ccccc2CCC1C(=O)c1cc2ccccc2nc1Cl. The van der Waals surface area contributed by atoms with Crippen LogP contribution in [0.25, 0.3) is 10.9 Å². The predicted octanol–water partition coefficient (Wildman–Crippen LogP) is 5.44. The number of carbonyl (C=O) groups is 1. The Morgan fingerprint density at radius 3 is 2.75 bits per heavy atom. The number of pyridine rings is 1. The van der Waals surface area contributed by atoms with Gasteiger partial charge in [-0.2, -0.15) is 0 Å². The molecule has 2 aromatic carbocycles. The van der Waals surface area contributed by atoms with Crippen LogP contribution in [0, 0.1) is 5.92 Å². The van der Waals surface area contributed by atoms with E-state index in [1.807, 2.05) is 36.4 Å². The number of rotatable bonds is 2. The van der Waals surface area contributed by atoms with Gasteiger partial charge in [-0.05, 0) is 42.0 Å². The first kappa shape index (κ1) is 15.3. The monoisotopic (exact) mass is 335 g/mol. The number of fused-ring (bicyclic) bond motifs is 2. The number of Topliss-reactive ketones (excluding diaryl/α,β-unsaturated/α-hetero) is 1. The van der Waals surface area contributed by atoms with Gasteiger partial charge >= 0.3 is 0 Å². The molecule has 0 aliphatic heterocycles. The molecule has 2 nitrogen and oxygen atoms in total. The van der Waals surface area contributed by atoms with Crippen molar-refractivity contribution in [3.63, 3.8) is 0 Å². The van der Waals surface area contributed by atoms with Gasteiger partial charge in [-0.25, -0.2) is 4.98 Å². The van der Waals surface area contributed by atoms with Crippen LogP contribution < -0.4 is 0 Å². The van der Waals surface area contributed by atoms with Gasteiger partial charge in [-0.15, -0.1) is 0 Å². The first-order chi connectivity index (χ1) is 11.6. The van der Waals surface area contributed by atoms with E-state index in [-0.39, 0.29) is 17.6 Å². The van der Waals surface area contributed by atoms with Crippen LogP contribution in [0.15, 0.2) is 54.6 Å². The van der Waals surface area contributed by atoms with Gasteiger partial charge < -0.3 is 0 Å². The predicted molar refractivity (Wildman–Crippen MR) is 97.8 cm³/mol. The number of aromatic nitrogens is 1. The van der Waals surface area contributed by atoms with Crippen LogP contribution in [0.5, 0.6) is 0 Å². The maximum atomic E-state index is 13.2. The van der Waals surface area contributed by atoms with Crippen molar-refractivity contribution in [1.82, 2.24) is 4.98 Å². The summed E-state index contributed by atoms with van der Waals surface area (Å²) < 4.78 is 0. The molecule has 0 saturated carbocycles. The number of ketones is 1. The smallest absolute Gasteiger partial charge is 0.169 e. The molecule has 3 aromatic rings. The molecule has 0 N–H and O–H groups in total. The van der Waals surface area contributed by atoms with Crippen molar-refractivity contribution in [2.24, 2.45) is 5.92 Å². The summed E-state index contributed by atoms with van der Waals surface area (Å²) in [6.45, 7) is 2.14. The van der Waals surface area contributed by atoms with Crippen molar-refractivity contribution < 1.29 is 4.79 Å². The molecular weight excluding hydrogens is 318 g/mol. The summed E-state index contributed by atoms with van der Waals surface area (Å²) in [5.41, 5.74) is 4.01. The van der Waals surface area contributed by atoms with Gasteiger partial charge in [0.25, 0.3) is 0 Å². The van der Waals surface area contributed by atoms with E-state index in [0.29, 0.717) is 10.7 Å². The third-order valence-corrected chi connectivity index (χ3v) is 5.44. The van der Waals surface area contributed by atoms with E-state index in [0.717, 1.165) is 23.7 Å². The van der Waals surface area contributed by atoms with E-state index in [1.165, 1.54) is 11.1 Å². The molecule has 24 heavy (non-hydrogen) atoms. The lowest BCUT2D eigenvalue weighted by atomic mass is 9.73. The fraction of sp³-hybridized carbons (Fsp3) is 0.238. The molecule has 2 unspecified atom stereocenters. The molecule has 0 amide bonds. The molecule has 120 valence electrons. The average Bonchev–Trinajstić information content (AvgIpc) is 2.61. The van der Waals surface area contributed by atoms with Crippen molar-refractivity contribution in [3.05, 3.63) is 76.4 Å². The maximum absolute atomic E-state index is 13.2. The molecule has 3 heteroatoms. The second kappa shape index (κ2) is 6.03. The molecule has 1 aliphatic carbocycles. The van der Waals surface area contributed by atoms with Crippen LogP contribution in [0.3, 0.4) is 0 Å². The van der Waals surface area contributed by atoms with Crippen molar-refractivity contribution in [1.29, 1.82) is 0 Å². The highest BCUT2D eigenvalue weighted by Crippen LogP contribution is 2.38. The molecule has 0 saturated heterocycles. The molecule has 0 spiro atoms. The molecule has 0 fully saturated rings. The van der Waals surface area contributed by atoms with Gasteiger partial charge in [0.2, 0.25) is 0 Å². The molecule has 0 radical (unpaired) electrons. The Balaban J connectivity index is 1.73. The summed E-state index contributed by atoms with van der Waals surface area (Å²) in [6.07, 6.45) is 1.80. The number of aryl methyl sites for hydroxylation is 1. The average molecular weight is 336 g/mol. The minimum atomic E-state index is -0.0413. The summed E-state index contributed by atoms with van der Waals surface area (Å²) in [7, 11) is 0. The molecule has 1 heterocycles. The van der Waals surface area contributed by atoms with Crippen LogP contribution >= 0.6 is 11.6 Å². The standard InChI is InChI=1S/C21H18ClNO/c1-13-16-8-4-2-6-14(16)10-11-17(13)20(24)18-12-15-7-3-5-9-19(15)23-21(18)22/h2-9,12-13,17H,10-11H2,1H3.